The van der Waals surface area contributed by atoms with Gasteiger partial charge in [0.25, 0.3) is 0 Å². The first-order chi connectivity index (χ1) is 22.0. The molecule has 46 heavy (non-hydrogen) atoms. The van der Waals surface area contributed by atoms with Crippen molar-refractivity contribution in [3.8, 4) is 0 Å². The molecule has 1 aromatic carbocycles. The Morgan fingerprint density at radius 3 is 2.20 bits per heavy atom. The number of ether oxygens (including phenoxy) is 8. The highest BCUT2D eigenvalue weighted by molar-refractivity contribution is 5.77. The van der Waals surface area contributed by atoms with Crippen molar-refractivity contribution in [3.05, 3.63) is 35.9 Å². The van der Waals surface area contributed by atoms with Gasteiger partial charge in [-0.15, -0.1) is 0 Å². The number of amides is 2. The van der Waals surface area contributed by atoms with Gasteiger partial charge in [-0.25, -0.2) is 0 Å². The normalized spacial score (nSPS) is 21.5. The van der Waals surface area contributed by atoms with E-state index in [0.29, 0.717) is 6.61 Å². The Kier molecular flexibility index (Phi) is 17.7. The lowest BCUT2D eigenvalue weighted by Crippen LogP contribution is -2.60. The average molecular weight is 657 g/mol. The molecule has 1 fully saturated rings. The first kappa shape index (κ1) is 38.5. The van der Waals surface area contributed by atoms with Crippen LogP contribution in [0, 0.1) is 5.92 Å². The molecule has 16 heteroatoms. The molecule has 0 radical (unpaired) electrons. The lowest BCUT2D eigenvalue weighted by molar-refractivity contribution is -0.290. The maximum Gasteiger partial charge on any atom is 0.303 e. The zero-order valence-corrected chi connectivity index (χ0v) is 26.3. The zero-order valence-electron chi connectivity index (χ0n) is 26.3. The van der Waals surface area contributed by atoms with Gasteiger partial charge < -0.3 is 54.1 Å². The van der Waals surface area contributed by atoms with Crippen LogP contribution in [-0.4, -0.2) is 118 Å². The van der Waals surface area contributed by atoms with Gasteiger partial charge in [0, 0.05) is 33.7 Å². The minimum Gasteiger partial charge on any atom is -0.463 e. The van der Waals surface area contributed by atoms with Crippen LogP contribution in [0.4, 0.5) is 0 Å². The summed E-state index contributed by atoms with van der Waals surface area (Å²) in [6.45, 7) is 3.80. The molecule has 1 heterocycles. The summed E-state index contributed by atoms with van der Waals surface area (Å²) >= 11 is 0. The average Bonchev–Trinajstić information content (AvgIpc) is 2.98. The van der Waals surface area contributed by atoms with Gasteiger partial charge in [0.1, 0.15) is 31.5 Å². The molecular formula is C30H44N2O14. The largest absolute Gasteiger partial charge is 0.463 e. The van der Waals surface area contributed by atoms with Crippen molar-refractivity contribution in [3.63, 3.8) is 0 Å². The Morgan fingerprint density at radius 2 is 1.54 bits per heavy atom. The van der Waals surface area contributed by atoms with Crippen LogP contribution in [0.1, 0.15) is 32.8 Å². The molecule has 1 aliphatic heterocycles. The second-order valence-corrected chi connectivity index (χ2v) is 10.3. The van der Waals surface area contributed by atoms with Crippen LogP contribution in [0.25, 0.3) is 0 Å². The van der Waals surface area contributed by atoms with E-state index in [-0.39, 0.29) is 39.6 Å². The summed E-state index contributed by atoms with van der Waals surface area (Å²) in [6, 6.07) is 9.58. The standard InChI is InChI=1S/C30H44N2O14/c1-19(33)42-17-25-29(45-21(3)35)28(44-20(2)34)24(13-26(31)37)30(46-25)43-18-27(38)32-9-10-39-11-12-40-15-23(36)16-41-14-22-7-5-4-6-8-22/h4-8,23-25,28-30,36H,9-18H2,1-3H3,(H2,31,37)(H,32,38)/t23-,24+,25+,28+,29-,30+/m0/s1. The Hall–Kier alpha value is -3.67. The lowest BCUT2D eigenvalue weighted by atomic mass is 9.87. The molecule has 16 nitrogen and oxygen atoms in total. The first-order valence-corrected chi connectivity index (χ1v) is 14.7. The van der Waals surface area contributed by atoms with Crippen molar-refractivity contribution in [2.24, 2.45) is 11.7 Å². The van der Waals surface area contributed by atoms with Gasteiger partial charge in [-0.3, -0.25) is 24.0 Å². The number of hydrogen-bond acceptors (Lipinski definition) is 14. The van der Waals surface area contributed by atoms with Crippen LogP contribution >= 0.6 is 0 Å². The fourth-order valence-electron chi connectivity index (χ4n) is 4.43. The van der Waals surface area contributed by atoms with E-state index >= 15 is 0 Å². The number of nitrogens with one attached hydrogen (secondary N) is 1. The Balaban J connectivity index is 1.76. The quantitative estimate of drug-likeness (QED) is 0.0853. The first-order valence-electron chi connectivity index (χ1n) is 14.7. The van der Waals surface area contributed by atoms with E-state index in [2.05, 4.69) is 5.32 Å². The molecule has 6 atom stereocenters. The molecule has 2 rings (SSSR count). The van der Waals surface area contributed by atoms with Crippen LogP contribution in [0.15, 0.2) is 30.3 Å². The SMILES string of the molecule is CC(=O)OC[C@H]1O[C@@H](OCC(=O)NCCOCCOC[C@H](O)COCc2ccccc2)[C@H](CC(N)=O)[C@@H](OC(C)=O)[C@H]1OC(C)=O. The second-order valence-electron chi connectivity index (χ2n) is 10.3. The van der Waals surface area contributed by atoms with Crippen LogP contribution in [0.3, 0.4) is 0 Å². The molecule has 0 aromatic heterocycles. The van der Waals surface area contributed by atoms with Gasteiger partial charge in [-0.2, -0.15) is 0 Å². The lowest BCUT2D eigenvalue weighted by Gasteiger charge is -2.44. The van der Waals surface area contributed by atoms with Crippen LogP contribution in [-0.2, 0) is 68.5 Å². The fraction of sp³-hybridized carbons (Fsp3) is 0.633. The van der Waals surface area contributed by atoms with E-state index in [1.165, 1.54) is 0 Å². The van der Waals surface area contributed by atoms with E-state index in [1.54, 1.807) is 0 Å². The summed E-state index contributed by atoms with van der Waals surface area (Å²) < 4.78 is 43.5. The number of nitrogens with two attached hydrogens (primary N) is 1. The van der Waals surface area contributed by atoms with Gasteiger partial charge in [-0.1, -0.05) is 30.3 Å². The van der Waals surface area contributed by atoms with Crippen molar-refractivity contribution in [1.29, 1.82) is 0 Å². The van der Waals surface area contributed by atoms with E-state index in [9.17, 15) is 29.1 Å². The van der Waals surface area contributed by atoms with Gasteiger partial charge in [0.15, 0.2) is 12.4 Å². The van der Waals surface area contributed by atoms with Gasteiger partial charge in [0.2, 0.25) is 11.8 Å². The number of rotatable bonds is 21. The van der Waals surface area contributed by atoms with E-state index in [1.807, 2.05) is 30.3 Å². The number of aliphatic hydroxyl groups is 1. The third-order valence-electron chi connectivity index (χ3n) is 6.31. The highest BCUT2D eigenvalue weighted by Gasteiger charge is 2.51. The van der Waals surface area contributed by atoms with Crippen molar-refractivity contribution >= 4 is 29.7 Å². The predicted octanol–water partition coefficient (Wildman–Crippen LogP) is -0.627. The van der Waals surface area contributed by atoms with Gasteiger partial charge in [-0.05, 0) is 5.56 Å². The van der Waals surface area contributed by atoms with Gasteiger partial charge >= 0.3 is 17.9 Å². The molecule has 4 N–H and O–H groups in total. The molecule has 0 spiro atoms. The smallest absolute Gasteiger partial charge is 0.303 e. The van der Waals surface area contributed by atoms with Crippen molar-refractivity contribution in [2.45, 2.75) is 64.5 Å². The van der Waals surface area contributed by atoms with Crippen molar-refractivity contribution < 1.29 is 67.0 Å². The topological polar surface area (TPSA) is 217 Å². The van der Waals surface area contributed by atoms with Crippen LogP contribution < -0.4 is 11.1 Å². The van der Waals surface area contributed by atoms with E-state index < -0.39 is 86.0 Å². The fourth-order valence-corrected chi connectivity index (χ4v) is 4.43. The molecule has 2 amide bonds. The molecular weight excluding hydrogens is 612 g/mol. The molecule has 1 saturated heterocycles. The Morgan fingerprint density at radius 1 is 0.891 bits per heavy atom. The number of aliphatic hydroxyl groups excluding tert-OH is 1. The molecule has 0 bridgehead atoms. The van der Waals surface area contributed by atoms with E-state index in [0.717, 1.165) is 26.3 Å². The maximum atomic E-state index is 12.4. The summed E-state index contributed by atoms with van der Waals surface area (Å²) in [4.78, 5) is 59.5. The highest BCUT2D eigenvalue weighted by atomic mass is 16.7. The molecule has 1 aromatic rings. The second kappa shape index (κ2) is 21.2. The molecule has 258 valence electrons. The van der Waals surface area contributed by atoms with Crippen LogP contribution in [0.2, 0.25) is 0 Å². The molecule has 1 aliphatic rings. The number of hydrogen-bond donors (Lipinski definition) is 3. The summed E-state index contributed by atoms with van der Waals surface area (Å²) in [5, 5.41) is 12.5. The molecule has 0 unspecified atom stereocenters. The molecule has 0 aliphatic carbocycles. The predicted molar refractivity (Wildman–Crippen MR) is 156 cm³/mol. The maximum absolute atomic E-state index is 12.4. The van der Waals surface area contributed by atoms with Crippen molar-refractivity contribution in [2.75, 3.05) is 52.8 Å². The molecule has 0 saturated carbocycles. The number of esters is 3. The number of carbonyl (C=O) groups excluding carboxylic acids is 5. The minimum atomic E-state index is -1.33. The summed E-state index contributed by atoms with van der Waals surface area (Å²) in [7, 11) is 0. The van der Waals surface area contributed by atoms with Gasteiger partial charge in [0.05, 0.1) is 45.6 Å². The summed E-state index contributed by atoms with van der Waals surface area (Å²) in [6.07, 6.45) is -6.22. The Bertz CT molecular complexity index is 1100. The zero-order chi connectivity index (χ0) is 33.9. The number of carbonyl (C=O) groups is 5. The van der Waals surface area contributed by atoms with E-state index in [4.69, 9.17) is 43.6 Å². The van der Waals surface area contributed by atoms with Crippen LogP contribution in [0.5, 0.6) is 0 Å². The monoisotopic (exact) mass is 656 g/mol. The number of primary amides is 1. The highest BCUT2D eigenvalue weighted by Crippen LogP contribution is 2.34. The summed E-state index contributed by atoms with van der Waals surface area (Å²) in [5.41, 5.74) is 6.41. The Labute approximate surface area is 267 Å². The van der Waals surface area contributed by atoms with Crippen molar-refractivity contribution in [1.82, 2.24) is 5.32 Å². The number of benzene rings is 1. The summed E-state index contributed by atoms with van der Waals surface area (Å²) in [5.74, 6) is -4.56. The minimum absolute atomic E-state index is 0.0773. The third-order valence-corrected chi connectivity index (χ3v) is 6.31. The third kappa shape index (κ3) is 15.6.